The first kappa shape index (κ1) is 12.8. The number of aliphatic hydroxyl groups excluding tert-OH is 1. The van der Waals surface area contributed by atoms with Crippen LogP contribution in [0.1, 0.15) is 5.56 Å². The zero-order valence-electron chi connectivity index (χ0n) is 8.81. The Balaban J connectivity index is 2.75. The van der Waals surface area contributed by atoms with Crippen LogP contribution in [-0.4, -0.2) is 36.2 Å². The Morgan fingerprint density at radius 1 is 1.44 bits per heavy atom. The first-order chi connectivity index (χ1) is 7.67. The normalized spacial score (nSPS) is 10.8. The number of hydrogen-bond donors (Lipinski definition) is 2. The highest BCUT2D eigenvalue weighted by Gasteiger charge is 2.13. The lowest BCUT2D eigenvalue weighted by atomic mass is 10.3. The molecule has 4 nitrogen and oxygen atoms in total. The molecule has 0 aliphatic carbocycles. The number of rotatable bonds is 6. The molecule has 90 valence electrons. The molecule has 0 amide bonds. The summed E-state index contributed by atoms with van der Waals surface area (Å²) in [7, 11) is 0. The molecule has 0 fully saturated rings. The van der Waals surface area contributed by atoms with Gasteiger partial charge in [-0.25, -0.2) is 13.8 Å². The maximum absolute atomic E-state index is 12.3. The number of nitrogens with zero attached hydrogens (tertiary/aromatic N) is 2. The number of hydrogen-bond acceptors (Lipinski definition) is 4. The SMILES string of the molecule is NCc1ccc(N(CCO)CC(F)F)nc1. The van der Waals surface area contributed by atoms with Crippen LogP contribution < -0.4 is 10.6 Å². The molecule has 0 saturated heterocycles. The minimum atomic E-state index is -2.46. The second-order valence-electron chi connectivity index (χ2n) is 3.29. The Morgan fingerprint density at radius 2 is 2.19 bits per heavy atom. The van der Waals surface area contributed by atoms with E-state index in [0.29, 0.717) is 12.4 Å². The van der Waals surface area contributed by atoms with Crippen LogP contribution in [0.15, 0.2) is 18.3 Å². The number of aromatic nitrogens is 1. The number of halogens is 2. The lowest BCUT2D eigenvalue weighted by Gasteiger charge is -2.22. The van der Waals surface area contributed by atoms with Crippen LogP contribution in [-0.2, 0) is 6.54 Å². The van der Waals surface area contributed by atoms with Crippen LogP contribution in [0.2, 0.25) is 0 Å². The number of anilines is 1. The van der Waals surface area contributed by atoms with Crippen LogP contribution in [0, 0.1) is 0 Å². The molecule has 0 atom stereocenters. The Labute approximate surface area is 92.7 Å². The lowest BCUT2D eigenvalue weighted by Crippen LogP contribution is -2.32. The highest BCUT2D eigenvalue weighted by Crippen LogP contribution is 2.12. The zero-order valence-corrected chi connectivity index (χ0v) is 8.81. The predicted octanol–water partition coefficient (Wildman–Crippen LogP) is 0.604. The van der Waals surface area contributed by atoms with E-state index >= 15 is 0 Å². The van der Waals surface area contributed by atoms with Crippen molar-refractivity contribution in [2.75, 3.05) is 24.6 Å². The first-order valence-corrected chi connectivity index (χ1v) is 4.96. The fourth-order valence-electron chi connectivity index (χ4n) is 1.31. The van der Waals surface area contributed by atoms with Crippen molar-refractivity contribution >= 4 is 5.82 Å². The Kier molecular flexibility index (Phi) is 5.07. The average Bonchev–Trinajstić information content (AvgIpc) is 2.28. The quantitative estimate of drug-likeness (QED) is 0.752. The van der Waals surface area contributed by atoms with Crippen LogP contribution in [0.25, 0.3) is 0 Å². The van der Waals surface area contributed by atoms with Crippen LogP contribution >= 0.6 is 0 Å². The molecule has 0 aromatic carbocycles. The van der Waals surface area contributed by atoms with Gasteiger partial charge in [-0.1, -0.05) is 6.07 Å². The molecule has 0 aliphatic rings. The minimum absolute atomic E-state index is 0.138. The van der Waals surface area contributed by atoms with Crippen molar-refractivity contribution < 1.29 is 13.9 Å². The number of aliphatic hydroxyl groups is 1. The molecule has 0 saturated carbocycles. The summed E-state index contributed by atoms with van der Waals surface area (Å²) in [6.07, 6.45) is -0.909. The summed E-state index contributed by atoms with van der Waals surface area (Å²) in [4.78, 5) is 5.36. The minimum Gasteiger partial charge on any atom is -0.395 e. The molecule has 0 radical (unpaired) electrons. The largest absolute Gasteiger partial charge is 0.395 e. The van der Waals surface area contributed by atoms with Crippen LogP contribution in [0.4, 0.5) is 14.6 Å². The van der Waals surface area contributed by atoms with Crippen molar-refractivity contribution in [1.29, 1.82) is 0 Å². The predicted molar refractivity (Wildman–Crippen MR) is 57.4 cm³/mol. The molecule has 16 heavy (non-hydrogen) atoms. The van der Waals surface area contributed by atoms with Crippen molar-refractivity contribution in [3.63, 3.8) is 0 Å². The third-order valence-corrected chi connectivity index (χ3v) is 2.10. The van der Waals surface area contributed by atoms with E-state index in [1.165, 1.54) is 4.90 Å². The molecule has 1 aromatic rings. The monoisotopic (exact) mass is 231 g/mol. The smallest absolute Gasteiger partial charge is 0.255 e. The van der Waals surface area contributed by atoms with Gasteiger partial charge in [0.1, 0.15) is 5.82 Å². The molecule has 1 aromatic heterocycles. The third-order valence-electron chi connectivity index (χ3n) is 2.10. The highest BCUT2D eigenvalue weighted by atomic mass is 19.3. The molecule has 6 heteroatoms. The van der Waals surface area contributed by atoms with E-state index in [9.17, 15) is 8.78 Å². The van der Waals surface area contributed by atoms with Gasteiger partial charge in [0.05, 0.1) is 13.2 Å². The van der Waals surface area contributed by atoms with Gasteiger partial charge in [0, 0.05) is 19.3 Å². The second-order valence-corrected chi connectivity index (χ2v) is 3.29. The summed E-state index contributed by atoms with van der Waals surface area (Å²) in [5.74, 6) is 0.423. The third kappa shape index (κ3) is 3.71. The van der Waals surface area contributed by atoms with Gasteiger partial charge in [0.25, 0.3) is 6.43 Å². The summed E-state index contributed by atoms with van der Waals surface area (Å²) in [6, 6.07) is 3.36. The van der Waals surface area contributed by atoms with Crippen molar-refractivity contribution in [3.8, 4) is 0 Å². The maximum Gasteiger partial charge on any atom is 0.255 e. The van der Waals surface area contributed by atoms with Gasteiger partial charge in [-0.15, -0.1) is 0 Å². The number of alkyl halides is 2. The van der Waals surface area contributed by atoms with E-state index in [2.05, 4.69) is 4.98 Å². The molecule has 0 spiro atoms. The summed E-state index contributed by atoms with van der Waals surface area (Å²) in [5, 5.41) is 8.78. The van der Waals surface area contributed by atoms with Crippen LogP contribution in [0.3, 0.4) is 0 Å². The van der Waals surface area contributed by atoms with Gasteiger partial charge >= 0.3 is 0 Å². The molecule has 1 rings (SSSR count). The van der Waals surface area contributed by atoms with Crippen LogP contribution in [0.5, 0.6) is 0 Å². The summed E-state index contributed by atoms with van der Waals surface area (Å²) >= 11 is 0. The van der Waals surface area contributed by atoms with Crippen molar-refractivity contribution in [2.24, 2.45) is 5.73 Å². The first-order valence-electron chi connectivity index (χ1n) is 4.96. The van der Waals surface area contributed by atoms with E-state index in [-0.39, 0.29) is 13.2 Å². The molecule has 0 bridgehead atoms. The number of pyridine rings is 1. The Hall–Kier alpha value is -1.27. The van der Waals surface area contributed by atoms with Gasteiger partial charge in [0.15, 0.2) is 0 Å². The van der Waals surface area contributed by atoms with Crippen molar-refractivity contribution in [3.05, 3.63) is 23.9 Å². The number of nitrogens with two attached hydrogens (primary N) is 1. The van der Waals surface area contributed by atoms with Crippen molar-refractivity contribution in [2.45, 2.75) is 13.0 Å². The highest BCUT2D eigenvalue weighted by molar-refractivity contribution is 5.39. The van der Waals surface area contributed by atoms with Crippen molar-refractivity contribution in [1.82, 2.24) is 4.98 Å². The van der Waals surface area contributed by atoms with Gasteiger partial charge in [0.2, 0.25) is 0 Å². The fourth-order valence-corrected chi connectivity index (χ4v) is 1.31. The van der Waals surface area contributed by atoms with Gasteiger partial charge in [-0.05, 0) is 11.6 Å². The maximum atomic E-state index is 12.3. The average molecular weight is 231 g/mol. The van der Waals surface area contributed by atoms with Gasteiger partial charge in [-0.3, -0.25) is 0 Å². The summed E-state index contributed by atoms with van der Waals surface area (Å²) in [6.45, 7) is -0.121. The standard InChI is InChI=1S/C10H15F2N3O/c11-9(12)7-15(3-4-16)10-2-1-8(5-13)6-14-10/h1-2,6,9,16H,3-5,7,13H2. The molecular formula is C10H15F2N3O. The van der Waals surface area contributed by atoms with E-state index in [1.807, 2.05) is 0 Å². The van der Waals surface area contributed by atoms with Gasteiger partial charge < -0.3 is 15.7 Å². The molecular weight excluding hydrogens is 216 g/mol. The molecule has 0 aliphatic heterocycles. The van der Waals surface area contributed by atoms with E-state index < -0.39 is 13.0 Å². The summed E-state index contributed by atoms with van der Waals surface area (Å²) < 4.78 is 24.5. The lowest BCUT2D eigenvalue weighted by molar-refractivity contribution is 0.152. The van der Waals surface area contributed by atoms with E-state index in [1.54, 1.807) is 18.3 Å². The molecule has 3 N–H and O–H groups in total. The summed E-state index contributed by atoms with van der Waals surface area (Å²) in [5.41, 5.74) is 6.24. The Bertz CT molecular complexity index is 305. The Morgan fingerprint density at radius 3 is 2.62 bits per heavy atom. The molecule has 1 heterocycles. The second kappa shape index (κ2) is 6.34. The van der Waals surface area contributed by atoms with E-state index in [4.69, 9.17) is 10.8 Å². The van der Waals surface area contributed by atoms with E-state index in [0.717, 1.165) is 5.56 Å². The zero-order chi connectivity index (χ0) is 12.0. The fraction of sp³-hybridized carbons (Fsp3) is 0.500. The topological polar surface area (TPSA) is 62.4 Å². The van der Waals surface area contributed by atoms with Gasteiger partial charge in [-0.2, -0.15) is 0 Å². The molecule has 0 unspecified atom stereocenters.